The van der Waals surface area contributed by atoms with Gasteiger partial charge in [-0.3, -0.25) is 24.1 Å². The van der Waals surface area contributed by atoms with Crippen molar-refractivity contribution in [1.29, 1.82) is 0 Å². The molecule has 1 aromatic rings. The molecule has 1 saturated heterocycles. The van der Waals surface area contributed by atoms with E-state index in [1.54, 1.807) is 30.3 Å². The van der Waals surface area contributed by atoms with E-state index in [1.165, 1.54) is 6.92 Å². The maximum atomic E-state index is 12.3. The minimum absolute atomic E-state index is 0.219. The van der Waals surface area contributed by atoms with Gasteiger partial charge in [0.1, 0.15) is 12.3 Å². The molecule has 1 heterocycles. The van der Waals surface area contributed by atoms with Gasteiger partial charge in [0.15, 0.2) is 0 Å². The van der Waals surface area contributed by atoms with E-state index in [9.17, 15) is 19.2 Å². The normalized spacial score (nSPS) is 15.5. The first kappa shape index (κ1) is 19.7. The summed E-state index contributed by atoms with van der Waals surface area (Å²) < 4.78 is 9.92. The topological polar surface area (TPSA) is 90.0 Å². The van der Waals surface area contributed by atoms with Gasteiger partial charge in [-0.2, -0.15) is 0 Å². The van der Waals surface area contributed by atoms with Gasteiger partial charge in [0.05, 0.1) is 11.5 Å². The fourth-order valence-corrected chi connectivity index (χ4v) is 2.93. The van der Waals surface area contributed by atoms with Gasteiger partial charge in [-0.05, 0) is 42.0 Å². The third kappa shape index (κ3) is 5.45. The lowest BCUT2D eigenvalue weighted by Gasteiger charge is -2.11. The van der Waals surface area contributed by atoms with Gasteiger partial charge in [-0.25, -0.2) is 0 Å². The molecule has 2 rings (SSSR count). The number of hydrogen-bond donors (Lipinski definition) is 0. The van der Waals surface area contributed by atoms with E-state index >= 15 is 0 Å². The lowest BCUT2D eigenvalue weighted by Crippen LogP contribution is -2.34. The highest BCUT2D eigenvalue weighted by atomic mass is 32.2. The summed E-state index contributed by atoms with van der Waals surface area (Å²) in [6.45, 7) is 3.15. The molecule has 138 valence electrons. The Morgan fingerprint density at radius 3 is 2.50 bits per heavy atom. The van der Waals surface area contributed by atoms with Crippen molar-refractivity contribution < 1.29 is 28.7 Å². The van der Waals surface area contributed by atoms with Gasteiger partial charge in [-0.1, -0.05) is 25.5 Å². The molecule has 0 bridgehead atoms. The average molecular weight is 377 g/mol. The van der Waals surface area contributed by atoms with Crippen LogP contribution in [0.5, 0.6) is 5.75 Å². The van der Waals surface area contributed by atoms with E-state index in [4.69, 9.17) is 9.47 Å². The molecule has 2 amide bonds. The number of rotatable bonds is 7. The van der Waals surface area contributed by atoms with E-state index in [-0.39, 0.29) is 11.5 Å². The number of thioether (sulfide) groups is 1. The van der Waals surface area contributed by atoms with Gasteiger partial charge in [0, 0.05) is 6.92 Å². The van der Waals surface area contributed by atoms with Crippen LogP contribution in [-0.2, 0) is 19.1 Å². The van der Waals surface area contributed by atoms with Crippen LogP contribution >= 0.6 is 11.8 Å². The summed E-state index contributed by atoms with van der Waals surface area (Å²) >= 11 is 0.767. The molecule has 26 heavy (non-hydrogen) atoms. The quantitative estimate of drug-likeness (QED) is 0.312. The zero-order chi connectivity index (χ0) is 19.1. The van der Waals surface area contributed by atoms with Gasteiger partial charge in [0.2, 0.25) is 0 Å². The lowest BCUT2D eigenvalue weighted by atomic mass is 10.2. The highest BCUT2D eigenvalue weighted by molar-refractivity contribution is 8.18. The second-order valence-corrected chi connectivity index (χ2v) is 6.50. The van der Waals surface area contributed by atoms with Crippen LogP contribution < -0.4 is 4.74 Å². The maximum absolute atomic E-state index is 12.3. The number of benzene rings is 1. The van der Waals surface area contributed by atoms with Gasteiger partial charge >= 0.3 is 11.9 Å². The second-order valence-electron chi connectivity index (χ2n) is 5.50. The molecule has 7 nitrogen and oxygen atoms in total. The van der Waals surface area contributed by atoms with Crippen molar-refractivity contribution in [2.24, 2.45) is 0 Å². The Bertz CT molecular complexity index is 741. The number of imide groups is 1. The average Bonchev–Trinajstić information content (AvgIpc) is 2.84. The monoisotopic (exact) mass is 377 g/mol. The van der Waals surface area contributed by atoms with Gasteiger partial charge in [0.25, 0.3) is 11.1 Å². The zero-order valence-corrected chi connectivity index (χ0v) is 15.3. The summed E-state index contributed by atoms with van der Waals surface area (Å²) in [5.41, 5.74) is 0.664. The van der Waals surface area contributed by atoms with Crippen LogP contribution in [0.4, 0.5) is 4.79 Å². The minimum atomic E-state index is -0.604. The summed E-state index contributed by atoms with van der Waals surface area (Å²) in [6, 6.07) is 6.49. The van der Waals surface area contributed by atoms with Crippen LogP contribution in [0, 0.1) is 0 Å². The molecule has 0 spiro atoms. The van der Waals surface area contributed by atoms with Crippen molar-refractivity contribution in [3.05, 3.63) is 34.7 Å². The molecular weight excluding hydrogens is 358 g/mol. The smallest absolute Gasteiger partial charge is 0.326 e. The number of ether oxygens (including phenoxy) is 2. The third-order valence-electron chi connectivity index (χ3n) is 3.36. The number of carbonyl (C=O) groups is 4. The second kappa shape index (κ2) is 9.19. The molecule has 0 atom stereocenters. The molecule has 0 radical (unpaired) electrons. The maximum Gasteiger partial charge on any atom is 0.326 e. The number of nitrogens with zero attached hydrogens (tertiary/aromatic N) is 1. The predicted molar refractivity (Wildman–Crippen MR) is 96.3 cm³/mol. The van der Waals surface area contributed by atoms with Crippen molar-refractivity contribution >= 4 is 40.9 Å². The molecule has 0 unspecified atom stereocenters. The number of carbonyl (C=O) groups excluding carboxylic acids is 4. The van der Waals surface area contributed by atoms with Crippen molar-refractivity contribution in [3.8, 4) is 5.75 Å². The van der Waals surface area contributed by atoms with Gasteiger partial charge < -0.3 is 9.47 Å². The molecule has 0 aliphatic carbocycles. The molecule has 0 saturated carbocycles. The zero-order valence-electron chi connectivity index (χ0n) is 14.5. The Balaban J connectivity index is 2.01. The van der Waals surface area contributed by atoms with E-state index < -0.39 is 29.6 Å². The molecule has 1 aliphatic heterocycles. The highest BCUT2D eigenvalue weighted by Crippen LogP contribution is 2.32. The third-order valence-corrected chi connectivity index (χ3v) is 4.27. The van der Waals surface area contributed by atoms with Crippen molar-refractivity contribution in [2.75, 3.05) is 13.2 Å². The van der Waals surface area contributed by atoms with Gasteiger partial charge in [-0.15, -0.1) is 0 Å². The Hall–Kier alpha value is -2.61. The standard InChI is InChI=1S/C18H19NO6S/c1-3-4-9-24-16(21)11-19-17(22)15(26-18(19)23)10-13-5-7-14(8-6-13)25-12(2)20/h5-8,10H,3-4,9,11H2,1-2H3/b15-10+. The molecule has 1 aliphatic rings. The fourth-order valence-electron chi connectivity index (χ4n) is 2.09. The summed E-state index contributed by atoms with van der Waals surface area (Å²) in [4.78, 5) is 48.0. The first-order valence-electron chi connectivity index (χ1n) is 8.10. The van der Waals surface area contributed by atoms with Crippen LogP contribution in [0.1, 0.15) is 32.3 Å². The van der Waals surface area contributed by atoms with Crippen LogP contribution in [0.3, 0.4) is 0 Å². The predicted octanol–water partition coefficient (Wildman–Crippen LogP) is 2.99. The molecule has 0 aromatic heterocycles. The molecule has 1 aromatic carbocycles. The van der Waals surface area contributed by atoms with Crippen LogP contribution in [-0.4, -0.2) is 41.1 Å². The Labute approximate surface area is 155 Å². The Kier molecular flexibility index (Phi) is 6.97. The number of unbranched alkanes of at least 4 members (excludes halogenated alkanes) is 1. The summed E-state index contributed by atoms with van der Waals surface area (Å²) in [5, 5.41) is -0.509. The Morgan fingerprint density at radius 1 is 1.19 bits per heavy atom. The largest absolute Gasteiger partial charge is 0.464 e. The van der Waals surface area contributed by atoms with Crippen molar-refractivity contribution in [2.45, 2.75) is 26.7 Å². The Morgan fingerprint density at radius 2 is 1.88 bits per heavy atom. The molecule has 0 N–H and O–H groups in total. The summed E-state index contributed by atoms with van der Waals surface area (Å²) in [6.07, 6.45) is 3.16. The van der Waals surface area contributed by atoms with E-state index in [0.717, 1.165) is 29.5 Å². The first-order chi connectivity index (χ1) is 12.4. The van der Waals surface area contributed by atoms with Crippen LogP contribution in [0.2, 0.25) is 0 Å². The minimum Gasteiger partial charge on any atom is -0.464 e. The van der Waals surface area contributed by atoms with Crippen molar-refractivity contribution in [1.82, 2.24) is 4.90 Å². The first-order valence-corrected chi connectivity index (χ1v) is 8.92. The van der Waals surface area contributed by atoms with Crippen LogP contribution in [0.15, 0.2) is 29.2 Å². The SMILES string of the molecule is CCCCOC(=O)CN1C(=O)S/C(=C/c2ccc(OC(C)=O)cc2)C1=O. The number of esters is 2. The highest BCUT2D eigenvalue weighted by Gasteiger charge is 2.36. The molecule has 8 heteroatoms. The van der Waals surface area contributed by atoms with E-state index in [2.05, 4.69) is 0 Å². The number of hydrogen-bond acceptors (Lipinski definition) is 7. The van der Waals surface area contributed by atoms with E-state index in [1.807, 2.05) is 6.92 Å². The number of amides is 2. The lowest BCUT2D eigenvalue weighted by molar-refractivity contribution is -0.146. The summed E-state index contributed by atoms with van der Waals surface area (Å²) in [7, 11) is 0. The molecule has 1 fully saturated rings. The molecular formula is C18H19NO6S. The fraction of sp³-hybridized carbons (Fsp3) is 0.333. The summed E-state index contributed by atoms with van der Waals surface area (Å²) in [5.74, 6) is -1.17. The van der Waals surface area contributed by atoms with E-state index in [0.29, 0.717) is 11.3 Å². The van der Waals surface area contributed by atoms with Crippen molar-refractivity contribution in [3.63, 3.8) is 0 Å². The van der Waals surface area contributed by atoms with Crippen LogP contribution in [0.25, 0.3) is 6.08 Å².